The molecule has 0 radical (unpaired) electrons. The van der Waals surface area contributed by atoms with Crippen LogP contribution in [0, 0.1) is 0 Å². The Hall–Kier alpha value is -1.30. The Morgan fingerprint density at radius 3 is 2.85 bits per heavy atom. The maximum Gasteiger partial charge on any atom is 0.340 e. The zero-order chi connectivity index (χ0) is 9.84. The topological polar surface area (TPSA) is 75.1 Å². The molecule has 0 bridgehead atoms. The first-order valence-corrected chi connectivity index (χ1v) is 4.73. The standard InChI is InChI=1S/C7H9N3O2S/c1-8-7-9-3-4(6(11)12)5(10-7)13-2/h3H,1-2H3,(H,11,12)(H,8,9,10). The number of aromatic carboxylic acids is 1. The van der Waals surface area contributed by atoms with E-state index >= 15 is 0 Å². The van der Waals surface area contributed by atoms with E-state index in [1.807, 2.05) is 0 Å². The van der Waals surface area contributed by atoms with Gasteiger partial charge in [-0.15, -0.1) is 11.8 Å². The van der Waals surface area contributed by atoms with E-state index in [1.165, 1.54) is 18.0 Å². The number of anilines is 1. The highest BCUT2D eigenvalue weighted by atomic mass is 32.2. The summed E-state index contributed by atoms with van der Waals surface area (Å²) in [6.07, 6.45) is 3.07. The summed E-state index contributed by atoms with van der Waals surface area (Å²) in [5, 5.41) is 12.0. The number of hydrogen-bond acceptors (Lipinski definition) is 5. The monoisotopic (exact) mass is 199 g/mol. The molecule has 13 heavy (non-hydrogen) atoms. The first-order chi connectivity index (χ1) is 6.19. The molecule has 0 aliphatic rings. The molecule has 5 nitrogen and oxygen atoms in total. The van der Waals surface area contributed by atoms with Crippen molar-refractivity contribution in [2.24, 2.45) is 0 Å². The number of carboxylic acid groups (broad SMARTS) is 1. The maximum atomic E-state index is 10.7. The minimum atomic E-state index is -1.01. The van der Waals surface area contributed by atoms with Gasteiger partial charge in [0.2, 0.25) is 5.95 Å². The third kappa shape index (κ3) is 2.09. The van der Waals surface area contributed by atoms with Gasteiger partial charge in [0.1, 0.15) is 10.6 Å². The van der Waals surface area contributed by atoms with Gasteiger partial charge in [-0.05, 0) is 6.26 Å². The van der Waals surface area contributed by atoms with Crippen LogP contribution in [-0.4, -0.2) is 34.3 Å². The van der Waals surface area contributed by atoms with Crippen LogP contribution in [0.25, 0.3) is 0 Å². The van der Waals surface area contributed by atoms with Crippen LogP contribution in [0.4, 0.5) is 5.95 Å². The van der Waals surface area contributed by atoms with Crippen molar-refractivity contribution in [3.05, 3.63) is 11.8 Å². The fourth-order valence-electron chi connectivity index (χ4n) is 0.789. The van der Waals surface area contributed by atoms with Gasteiger partial charge in [-0.25, -0.2) is 14.8 Å². The summed E-state index contributed by atoms with van der Waals surface area (Å²) in [6, 6.07) is 0. The molecular formula is C7H9N3O2S. The van der Waals surface area contributed by atoms with Crippen molar-refractivity contribution in [1.29, 1.82) is 0 Å². The molecule has 0 aliphatic carbocycles. The molecule has 0 saturated carbocycles. The Morgan fingerprint density at radius 2 is 2.38 bits per heavy atom. The largest absolute Gasteiger partial charge is 0.478 e. The van der Waals surface area contributed by atoms with Gasteiger partial charge in [-0.3, -0.25) is 0 Å². The summed E-state index contributed by atoms with van der Waals surface area (Å²) >= 11 is 1.28. The highest BCUT2D eigenvalue weighted by molar-refractivity contribution is 7.98. The first kappa shape index (κ1) is 9.79. The van der Waals surface area contributed by atoms with Gasteiger partial charge in [0, 0.05) is 13.2 Å². The van der Waals surface area contributed by atoms with Gasteiger partial charge in [-0.1, -0.05) is 0 Å². The minimum absolute atomic E-state index is 0.131. The molecule has 0 amide bonds. The molecular weight excluding hydrogens is 190 g/mol. The summed E-state index contributed by atoms with van der Waals surface area (Å²) in [6.45, 7) is 0. The molecule has 0 aromatic carbocycles. The number of thioether (sulfide) groups is 1. The van der Waals surface area contributed by atoms with Crippen molar-refractivity contribution in [2.75, 3.05) is 18.6 Å². The molecule has 2 N–H and O–H groups in total. The second kappa shape index (κ2) is 4.08. The van der Waals surface area contributed by atoms with Gasteiger partial charge in [-0.2, -0.15) is 0 Å². The van der Waals surface area contributed by atoms with E-state index < -0.39 is 5.97 Å². The lowest BCUT2D eigenvalue weighted by atomic mass is 10.3. The van der Waals surface area contributed by atoms with E-state index in [1.54, 1.807) is 13.3 Å². The fraction of sp³-hybridized carbons (Fsp3) is 0.286. The molecule has 0 saturated heterocycles. The number of carbonyl (C=O) groups is 1. The van der Waals surface area contributed by atoms with Crippen molar-refractivity contribution >= 4 is 23.7 Å². The summed E-state index contributed by atoms with van der Waals surface area (Å²) in [4.78, 5) is 18.5. The first-order valence-electron chi connectivity index (χ1n) is 3.51. The van der Waals surface area contributed by atoms with Crippen molar-refractivity contribution in [3.8, 4) is 0 Å². The summed E-state index contributed by atoms with van der Waals surface area (Å²) in [5.74, 6) is -0.582. The third-order valence-electron chi connectivity index (χ3n) is 1.40. The zero-order valence-electron chi connectivity index (χ0n) is 7.24. The van der Waals surface area contributed by atoms with Crippen molar-refractivity contribution in [1.82, 2.24) is 9.97 Å². The van der Waals surface area contributed by atoms with Crippen LogP contribution in [0.2, 0.25) is 0 Å². The van der Waals surface area contributed by atoms with Gasteiger partial charge < -0.3 is 10.4 Å². The van der Waals surface area contributed by atoms with Gasteiger partial charge in [0.05, 0.1) is 0 Å². The second-order valence-electron chi connectivity index (χ2n) is 2.17. The SMILES string of the molecule is CNc1ncc(C(=O)O)c(SC)n1. The molecule has 0 unspecified atom stereocenters. The Kier molecular flexibility index (Phi) is 3.07. The summed E-state index contributed by atoms with van der Waals surface area (Å²) in [5.41, 5.74) is 0.131. The molecule has 0 spiro atoms. The maximum absolute atomic E-state index is 10.7. The molecule has 1 aromatic heterocycles. The van der Waals surface area contributed by atoms with E-state index in [2.05, 4.69) is 15.3 Å². The molecule has 0 atom stereocenters. The highest BCUT2D eigenvalue weighted by Gasteiger charge is 2.11. The Labute approximate surface area is 79.6 Å². The number of carboxylic acids is 1. The fourth-order valence-corrected chi connectivity index (χ4v) is 1.33. The molecule has 70 valence electrons. The van der Waals surface area contributed by atoms with E-state index in [-0.39, 0.29) is 5.56 Å². The Bertz CT molecular complexity index is 330. The van der Waals surface area contributed by atoms with Crippen LogP contribution in [0.1, 0.15) is 10.4 Å². The van der Waals surface area contributed by atoms with Crippen LogP contribution in [0.3, 0.4) is 0 Å². The normalized spacial score (nSPS) is 9.69. The van der Waals surface area contributed by atoms with Crippen molar-refractivity contribution in [3.63, 3.8) is 0 Å². The van der Waals surface area contributed by atoms with Gasteiger partial charge >= 0.3 is 5.97 Å². The number of nitrogens with zero attached hydrogens (tertiary/aromatic N) is 2. The predicted octanol–water partition coefficient (Wildman–Crippen LogP) is 0.938. The number of aromatic nitrogens is 2. The second-order valence-corrected chi connectivity index (χ2v) is 2.97. The Balaban J connectivity index is 3.15. The predicted molar refractivity (Wildman–Crippen MR) is 50.3 cm³/mol. The number of rotatable bonds is 3. The lowest BCUT2D eigenvalue weighted by Gasteiger charge is -2.03. The van der Waals surface area contributed by atoms with Gasteiger partial charge in [0.25, 0.3) is 0 Å². The summed E-state index contributed by atoms with van der Waals surface area (Å²) in [7, 11) is 1.68. The van der Waals surface area contributed by atoms with Gasteiger partial charge in [0.15, 0.2) is 0 Å². The highest BCUT2D eigenvalue weighted by Crippen LogP contribution is 2.18. The molecule has 0 aliphatic heterocycles. The zero-order valence-corrected chi connectivity index (χ0v) is 8.05. The lowest BCUT2D eigenvalue weighted by molar-refractivity contribution is 0.0692. The van der Waals surface area contributed by atoms with E-state index in [0.717, 1.165) is 0 Å². The average molecular weight is 199 g/mol. The van der Waals surface area contributed by atoms with Crippen molar-refractivity contribution < 1.29 is 9.90 Å². The molecule has 1 heterocycles. The summed E-state index contributed by atoms with van der Waals surface area (Å²) < 4.78 is 0. The minimum Gasteiger partial charge on any atom is -0.478 e. The third-order valence-corrected chi connectivity index (χ3v) is 2.10. The molecule has 6 heteroatoms. The molecule has 0 fully saturated rings. The van der Waals surface area contributed by atoms with Crippen LogP contribution >= 0.6 is 11.8 Å². The lowest BCUT2D eigenvalue weighted by Crippen LogP contribution is -2.05. The van der Waals surface area contributed by atoms with Crippen LogP contribution in [0.5, 0.6) is 0 Å². The molecule has 1 rings (SSSR count). The molecule has 1 aromatic rings. The average Bonchev–Trinajstić information content (AvgIpc) is 2.16. The van der Waals surface area contributed by atoms with E-state index in [0.29, 0.717) is 11.0 Å². The smallest absolute Gasteiger partial charge is 0.340 e. The number of hydrogen-bond donors (Lipinski definition) is 2. The van der Waals surface area contributed by atoms with E-state index in [4.69, 9.17) is 5.11 Å². The van der Waals surface area contributed by atoms with Crippen LogP contribution in [0.15, 0.2) is 11.2 Å². The van der Waals surface area contributed by atoms with Crippen molar-refractivity contribution in [2.45, 2.75) is 5.03 Å². The Morgan fingerprint density at radius 1 is 1.69 bits per heavy atom. The van der Waals surface area contributed by atoms with Crippen LogP contribution in [-0.2, 0) is 0 Å². The van der Waals surface area contributed by atoms with Crippen LogP contribution < -0.4 is 5.32 Å². The number of nitrogens with one attached hydrogen (secondary N) is 1. The quantitative estimate of drug-likeness (QED) is 0.557. The van der Waals surface area contributed by atoms with E-state index in [9.17, 15) is 4.79 Å².